The quantitative estimate of drug-likeness (QED) is 0.856. The average Bonchev–Trinajstić information content (AvgIpc) is 2.30. The number of rotatable bonds is 5. The maximum atomic E-state index is 11.9. The second-order valence-corrected chi connectivity index (χ2v) is 5.34. The van der Waals surface area contributed by atoms with Crippen molar-refractivity contribution in [3.8, 4) is 0 Å². The van der Waals surface area contributed by atoms with Crippen LogP contribution in [-0.4, -0.2) is 17.4 Å². The Hall–Kier alpha value is -1.84. The topological polar surface area (TPSA) is 58.2 Å². The smallest absolute Gasteiger partial charge is 0.224 e. The van der Waals surface area contributed by atoms with Gasteiger partial charge in [-0.2, -0.15) is 0 Å². The Kier molecular flexibility index (Phi) is 5.10. The fourth-order valence-corrected chi connectivity index (χ4v) is 1.60. The van der Waals surface area contributed by atoms with Crippen LogP contribution >= 0.6 is 0 Å². The van der Waals surface area contributed by atoms with Gasteiger partial charge in [-0.15, -0.1) is 0 Å². The Bertz CT molecular complexity index is 450. The predicted molar refractivity (Wildman–Crippen MR) is 77.0 cm³/mol. The average molecular weight is 262 g/mol. The number of carbonyl (C=O) groups excluding carboxylic acids is 2. The second-order valence-electron chi connectivity index (χ2n) is 5.34. The van der Waals surface area contributed by atoms with Gasteiger partial charge >= 0.3 is 0 Å². The van der Waals surface area contributed by atoms with E-state index in [0.29, 0.717) is 6.42 Å². The molecule has 0 saturated carbocycles. The van der Waals surface area contributed by atoms with E-state index in [4.69, 9.17) is 0 Å². The van der Waals surface area contributed by atoms with Crippen LogP contribution in [0.2, 0.25) is 0 Å². The van der Waals surface area contributed by atoms with Crippen LogP contribution in [0.3, 0.4) is 0 Å². The van der Waals surface area contributed by atoms with E-state index in [1.165, 1.54) is 6.92 Å². The molecule has 19 heavy (non-hydrogen) atoms. The monoisotopic (exact) mass is 262 g/mol. The summed E-state index contributed by atoms with van der Waals surface area (Å²) >= 11 is 0. The van der Waals surface area contributed by atoms with Gasteiger partial charge < -0.3 is 10.6 Å². The summed E-state index contributed by atoms with van der Waals surface area (Å²) in [7, 11) is 0. The van der Waals surface area contributed by atoms with Crippen LogP contribution in [0.5, 0.6) is 0 Å². The Balaban J connectivity index is 2.58. The highest BCUT2D eigenvalue weighted by Crippen LogP contribution is 2.11. The Morgan fingerprint density at radius 1 is 1.16 bits per heavy atom. The lowest BCUT2D eigenvalue weighted by Gasteiger charge is -2.24. The number of nitrogens with one attached hydrogen (secondary N) is 2. The fraction of sp³-hybridized carbons (Fsp3) is 0.467. The van der Waals surface area contributed by atoms with Crippen LogP contribution in [0.4, 0.5) is 5.69 Å². The zero-order valence-electron chi connectivity index (χ0n) is 12.0. The van der Waals surface area contributed by atoms with Gasteiger partial charge in [0, 0.05) is 18.2 Å². The molecule has 0 fully saturated rings. The fourth-order valence-electron chi connectivity index (χ4n) is 1.60. The minimum absolute atomic E-state index is 0.0131. The summed E-state index contributed by atoms with van der Waals surface area (Å²) < 4.78 is 0. The van der Waals surface area contributed by atoms with Gasteiger partial charge in [-0.3, -0.25) is 9.59 Å². The lowest BCUT2D eigenvalue weighted by Crippen LogP contribution is -2.43. The molecule has 1 aromatic rings. The van der Waals surface area contributed by atoms with Crippen molar-refractivity contribution in [1.29, 1.82) is 0 Å². The van der Waals surface area contributed by atoms with Gasteiger partial charge in [-0.1, -0.05) is 19.1 Å². The van der Waals surface area contributed by atoms with Crippen LogP contribution in [0.1, 0.15) is 39.7 Å². The van der Waals surface area contributed by atoms with Crippen molar-refractivity contribution in [3.05, 3.63) is 29.8 Å². The third-order valence-electron chi connectivity index (χ3n) is 3.00. The summed E-state index contributed by atoms with van der Waals surface area (Å²) in [5.41, 5.74) is 1.50. The highest BCUT2D eigenvalue weighted by molar-refractivity contribution is 5.88. The molecule has 0 saturated heterocycles. The molecular formula is C15H22N2O2. The largest absolute Gasteiger partial charge is 0.351 e. The standard InChI is InChI=1S/C15H22N2O2/c1-5-15(3,4)17-14(19)10-12-6-8-13(9-7-12)16-11(2)18/h6-9H,5,10H2,1-4H3,(H,16,18)(H,17,19). The van der Waals surface area contributed by atoms with Crippen molar-refractivity contribution in [2.45, 2.75) is 46.1 Å². The molecule has 0 atom stereocenters. The van der Waals surface area contributed by atoms with Gasteiger partial charge in [0.1, 0.15) is 0 Å². The molecule has 0 unspecified atom stereocenters. The highest BCUT2D eigenvalue weighted by atomic mass is 16.2. The van der Waals surface area contributed by atoms with Gasteiger partial charge in [0.25, 0.3) is 0 Å². The number of amides is 2. The van der Waals surface area contributed by atoms with Crippen LogP contribution < -0.4 is 10.6 Å². The number of hydrogen-bond acceptors (Lipinski definition) is 2. The summed E-state index contributed by atoms with van der Waals surface area (Å²) in [6.07, 6.45) is 1.24. The van der Waals surface area contributed by atoms with Crippen molar-refractivity contribution in [2.75, 3.05) is 5.32 Å². The summed E-state index contributed by atoms with van der Waals surface area (Å²) in [6.45, 7) is 7.52. The number of benzene rings is 1. The normalized spacial score (nSPS) is 10.9. The van der Waals surface area contributed by atoms with E-state index >= 15 is 0 Å². The minimum Gasteiger partial charge on any atom is -0.351 e. The molecule has 0 heterocycles. The van der Waals surface area contributed by atoms with Crippen LogP contribution in [-0.2, 0) is 16.0 Å². The van der Waals surface area contributed by atoms with Crippen molar-refractivity contribution < 1.29 is 9.59 Å². The molecule has 2 amide bonds. The molecule has 0 bridgehead atoms. The van der Waals surface area contributed by atoms with Crippen molar-refractivity contribution in [1.82, 2.24) is 5.32 Å². The lowest BCUT2D eigenvalue weighted by molar-refractivity contribution is -0.122. The number of anilines is 1. The molecule has 0 aliphatic rings. The SMILES string of the molecule is CCC(C)(C)NC(=O)Cc1ccc(NC(C)=O)cc1. The summed E-state index contributed by atoms with van der Waals surface area (Å²) in [5.74, 6) is -0.0886. The molecule has 0 radical (unpaired) electrons. The summed E-state index contributed by atoms with van der Waals surface area (Å²) in [4.78, 5) is 22.8. The van der Waals surface area contributed by atoms with E-state index in [1.807, 2.05) is 32.9 Å². The molecule has 1 aromatic carbocycles. The van der Waals surface area contributed by atoms with Crippen LogP contribution in [0.15, 0.2) is 24.3 Å². The molecule has 104 valence electrons. The van der Waals surface area contributed by atoms with Gasteiger partial charge in [0.05, 0.1) is 6.42 Å². The van der Waals surface area contributed by atoms with Crippen LogP contribution in [0.25, 0.3) is 0 Å². The number of carbonyl (C=O) groups is 2. The van der Waals surface area contributed by atoms with Gasteiger partial charge in [0.15, 0.2) is 0 Å². The first kappa shape index (κ1) is 15.2. The molecule has 4 nitrogen and oxygen atoms in total. The number of hydrogen-bond donors (Lipinski definition) is 2. The van der Waals surface area contributed by atoms with Gasteiger partial charge in [-0.05, 0) is 38.0 Å². The first-order valence-electron chi connectivity index (χ1n) is 6.50. The Morgan fingerprint density at radius 2 is 1.74 bits per heavy atom. The summed E-state index contributed by atoms with van der Waals surface area (Å²) in [6, 6.07) is 7.30. The van der Waals surface area contributed by atoms with Gasteiger partial charge in [-0.25, -0.2) is 0 Å². The maximum Gasteiger partial charge on any atom is 0.224 e. The zero-order valence-corrected chi connectivity index (χ0v) is 12.0. The Morgan fingerprint density at radius 3 is 2.21 bits per heavy atom. The van der Waals surface area contributed by atoms with E-state index in [-0.39, 0.29) is 17.4 Å². The summed E-state index contributed by atoms with van der Waals surface area (Å²) in [5, 5.41) is 5.69. The van der Waals surface area contributed by atoms with E-state index in [1.54, 1.807) is 12.1 Å². The van der Waals surface area contributed by atoms with Crippen molar-refractivity contribution in [3.63, 3.8) is 0 Å². The maximum absolute atomic E-state index is 11.9. The molecule has 0 aromatic heterocycles. The van der Waals surface area contributed by atoms with Crippen molar-refractivity contribution >= 4 is 17.5 Å². The lowest BCUT2D eigenvalue weighted by atomic mass is 10.0. The molecular weight excluding hydrogens is 240 g/mol. The highest BCUT2D eigenvalue weighted by Gasteiger charge is 2.17. The first-order valence-corrected chi connectivity index (χ1v) is 6.50. The Labute approximate surface area is 114 Å². The zero-order chi connectivity index (χ0) is 14.5. The van der Waals surface area contributed by atoms with E-state index in [9.17, 15) is 9.59 Å². The predicted octanol–water partition coefficient (Wildman–Crippen LogP) is 2.49. The van der Waals surface area contributed by atoms with Crippen LogP contribution in [0, 0.1) is 0 Å². The third-order valence-corrected chi connectivity index (χ3v) is 3.00. The molecule has 0 aliphatic carbocycles. The molecule has 2 N–H and O–H groups in total. The van der Waals surface area contributed by atoms with Gasteiger partial charge in [0.2, 0.25) is 11.8 Å². The first-order chi connectivity index (χ1) is 8.82. The van der Waals surface area contributed by atoms with E-state index in [0.717, 1.165) is 17.7 Å². The molecule has 0 aliphatic heterocycles. The molecule has 1 rings (SSSR count). The van der Waals surface area contributed by atoms with E-state index in [2.05, 4.69) is 10.6 Å². The minimum atomic E-state index is -0.173. The second kappa shape index (κ2) is 6.36. The molecule has 4 heteroatoms. The van der Waals surface area contributed by atoms with Crippen molar-refractivity contribution in [2.24, 2.45) is 0 Å². The third kappa shape index (κ3) is 5.55. The molecule has 0 spiro atoms. The van der Waals surface area contributed by atoms with E-state index < -0.39 is 0 Å².